The van der Waals surface area contributed by atoms with E-state index in [2.05, 4.69) is 20.5 Å². The summed E-state index contributed by atoms with van der Waals surface area (Å²) in [5, 5.41) is 6.96. The van der Waals surface area contributed by atoms with Gasteiger partial charge in [0.2, 0.25) is 11.8 Å². The van der Waals surface area contributed by atoms with Crippen molar-refractivity contribution in [2.75, 3.05) is 25.0 Å². The molecule has 148 valence electrons. The number of carbonyl (C=O) groups is 2. The molecule has 1 saturated heterocycles. The van der Waals surface area contributed by atoms with Crippen molar-refractivity contribution in [3.05, 3.63) is 10.6 Å². The van der Waals surface area contributed by atoms with E-state index in [0.29, 0.717) is 6.54 Å². The molecule has 2 heterocycles. The number of likely N-dealkylation sites (tertiary alicyclic amines) is 1. The van der Waals surface area contributed by atoms with Crippen molar-refractivity contribution in [3.63, 3.8) is 0 Å². The second-order valence-electron chi connectivity index (χ2n) is 8.18. The summed E-state index contributed by atoms with van der Waals surface area (Å²) < 4.78 is 0. The van der Waals surface area contributed by atoms with Gasteiger partial charge in [0.05, 0.1) is 12.2 Å². The van der Waals surface area contributed by atoms with Crippen molar-refractivity contribution < 1.29 is 9.59 Å². The first-order valence-electron chi connectivity index (χ1n) is 10.5. The minimum Gasteiger partial charge on any atom is -0.353 e. The van der Waals surface area contributed by atoms with Crippen molar-refractivity contribution in [2.24, 2.45) is 5.92 Å². The lowest BCUT2D eigenvalue weighted by atomic mass is 9.88. The van der Waals surface area contributed by atoms with Crippen molar-refractivity contribution >= 4 is 28.3 Å². The number of nitrogens with zero attached hydrogens (tertiary/aromatic N) is 2. The van der Waals surface area contributed by atoms with E-state index >= 15 is 0 Å². The van der Waals surface area contributed by atoms with Gasteiger partial charge in [-0.15, -0.1) is 11.3 Å². The summed E-state index contributed by atoms with van der Waals surface area (Å²) in [6.07, 6.45) is 10.9. The third-order valence-corrected chi connectivity index (χ3v) is 7.19. The lowest BCUT2D eigenvalue weighted by molar-refractivity contribution is -0.127. The zero-order valence-corrected chi connectivity index (χ0v) is 16.8. The molecule has 0 bridgehead atoms. The highest BCUT2D eigenvalue weighted by Gasteiger charge is 2.26. The van der Waals surface area contributed by atoms with Gasteiger partial charge in [-0.3, -0.25) is 14.5 Å². The van der Waals surface area contributed by atoms with Gasteiger partial charge in [-0.2, -0.15) is 0 Å². The summed E-state index contributed by atoms with van der Waals surface area (Å²) in [6.45, 7) is 2.13. The predicted octanol–water partition coefficient (Wildman–Crippen LogP) is 2.73. The van der Waals surface area contributed by atoms with Gasteiger partial charge < -0.3 is 10.6 Å². The number of amides is 2. The van der Waals surface area contributed by atoms with Crippen molar-refractivity contribution in [2.45, 2.75) is 70.3 Å². The van der Waals surface area contributed by atoms with Crippen LogP contribution in [-0.2, 0) is 22.4 Å². The molecule has 1 saturated carbocycles. The van der Waals surface area contributed by atoms with Gasteiger partial charge in [-0.1, -0.05) is 19.3 Å². The molecule has 6 nitrogen and oxygen atoms in total. The number of fused-ring (bicyclic) bond motifs is 1. The van der Waals surface area contributed by atoms with Crippen LogP contribution in [0, 0.1) is 5.92 Å². The van der Waals surface area contributed by atoms with Crippen LogP contribution in [0.5, 0.6) is 0 Å². The Bertz CT molecular complexity index is 654. The molecule has 7 heteroatoms. The number of piperidine rings is 1. The summed E-state index contributed by atoms with van der Waals surface area (Å²) in [5.41, 5.74) is 1.17. The van der Waals surface area contributed by atoms with Gasteiger partial charge in [0.1, 0.15) is 0 Å². The third kappa shape index (κ3) is 4.88. The number of rotatable bonds is 5. The fraction of sp³-hybridized carbons (Fsp3) is 0.750. The summed E-state index contributed by atoms with van der Waals surface area (Å²) in [7, 11) is 0. The Morgan fingerprint density at radius 3 is 2.56 bits per heavy atom. The highest BCUT2D eigenvalue weighted by atomic mass is 32.1. The Morgan fingerprint density at radius 1 is 1.04 bits per heavy atom. The quantitative estimate of drug-likeness (QED) is 0.811. The first-order chi connectivity index (χ1) is 13.2. The summed E-state index contributed by atoms with van der Waals surface area (Å²) in [5.74, 6) is 0.498. The maximum atomic E-state index is 12.4. The predicted molar refractivity (Wildman–Crippen MR) is 107 cm³/mol. The highest BCUT2D eigenvalue weighted by molar-refractivity contribution is 7.15. The van der Waals surface area contributed by atoms with Crippen LogP contribution in [0.25, 0.3) is 0 Å². The van der Waals surface area contributed by atoms with Gasteiger partial charge >= 0.3 is 0 Å². The van der Waals surface area contributed by atoms with Gasteiger partial charge in [-0.05, 0) is 44.9 Å². The van der Waals surface area contributed by atoms with Crippen LogP contribution in [0.3, 0.4) is 0 Å². The fourth-order valence-electron chi connectivity index (χ4n) is 4.52. The number of hydrogen-bond donors (Lipinski definition) is 2. The van der Waals surface area contributed by atoms with E-state index in [4.69, 9.17) is 0 Å². The first kappa shape index (κ1) is 18.9. The Kier molecular flexibility index (Phi) is 6.08. The lowest BCUT2D eigenvalue weighted by Gasteiger charge is -2.33. The fourth-order valence-corrected chi connectivity index (χ4v) is 5.59. The number of nitrogens with one attached hydrogen (secondary N) is 2. The molecule has 27 heavy (non-hydrogen) atoms. The van der Waals surface area contributed by atoms with E-state index in [1.165, 1.54) is 36.3 Å². The van der Waals surface area contributed by atoms with Crippen LogP contribution in [0.4, 0.5) is 5.13 Å². The monoisotopic (exact) mass is 390 g/mol. The molecular weight excluding hydrogens is 360 g/mol. The van der Waals surface area contributed by atoms with Crippen molar-refractivity contribution in [3.8, 4) is 0 Å². The van der Waals surface area contributed by atoms with E-state index < -0.39 is 0 Å². The minimum atomic E-state index is 0.0205. The standard InChI is InChI=1S/C20H30N4O2S/c25-18(23-20-22-16-7-4-8-17(16)27-20)13-24-11-9-15(10-12-24)21-19(26)14-5-2-1-3-6-14/h14-15H,1-13H2,(H,21,26)(H,22,23,25). The lowest BCUT2D eigenvalue weighted by Crippen LogP contribution is -2.48. The molecule has 0 spiro atoms. The Balaban J connectivity index is 1.17. The molecular formula is C20H30N4O2S. The molecule has 2 amide bonds. The normalized spacial score (nSPS) is 21.8. The summed E-state index contributed by atoms with van der Waals surface area (Å²) >= 11 is 1.62. The molecule has 3 aliphatic rings. The Morgan fingerprint density at radius 2 is 1.81 bits per heavy atom. The Labute approximate surface area is 165 Å². The largest absolute Gasteiger partial charge is 0.353 e. The van der Waals surface area contributed by atoms with E-state index in [0.717, 1.165) is 56.7 Å². The molecule has 1 aliphatic heterocycles. The molecule has 2 fully saturated rings. The zero-order valence-electron chi connectivity index (χ0n) is 16.0. The zero-order chi connectivity index (χ0) is 18.6. The average molecular weight is 391 g/mol. The summed E-state index contributed by atoms with van der Waals surface area (Å²) in [6, 6.07) is 0.265. The van der Waals surface area contributed by atoms with E-state index in [9.17, 15) is 9.59 Å². The van der Waals surface area contributed by atoms with Crippen LogP contribution in [0.2, 0.25) is 0 Å². The molecule has 2 N–H and O–H groups in total. The number of carbonyl (C=O) groups excluding carboxylic acids is 2. The van der Waals surface area contributed by atoms with Gasteiger partial charge in [-0.25, -0.2) is 4.98 Å². The molecule has 0 unspecified atom stereocenters. The van der Waals surface area contributed by atoms with E-state index in [-0.39, 0.29) is 23.8 Å². The Hall–Kier alpha value is -1.47. The molecule has 0 radical (unpaired) electrons. The molecule has 4 rings (SSSR count). The minimum absolute atomic E-state index is 0.0205. The van der Waals surface area contributed by atoms with Crippen LogP contribution < -0.4 is 10.6 Å². The molecule has 1 aromatic heterocycles. The number of aromatic nitrogens is 1. The van der Waals surface area contributed by atoms with Gasteiger partial charge in [0, 0.05) is 29.9 Å². The third-order valence-electron chi connectivity index (χ3n) is 6.12. The molecule has 0 aromatic carbocycles. The second-order valence-corrected chi connectivity index (χ2v) is 9.27. The smallest absolute Gasteiger partial charge is 0.240 e. The number of aryl methyl sites for hydroxylation is 2. The molecule has 1 aromatic rings. The van der Waals surface area contributed by atoms with Gasteiger partial charge in [0.25, 0.3) is 0 Å². The van der Waals surface area contributed by atoms with Crippen molar-refractivity contribution in [1.29, 1.82) is 0 Å². The van der Waals surface area contributed by atoms with Gasteiger partial charge in [0.15, 0.2) is 5.13 Å². The number of thiazole rings is 1. The maximum absolute atomic E-state index is 12.4. The van der Waals surface area contributed by atoms with Crippen molar-refractivity contribution in [1.82, 2.24) is 15.2 Å². The number of hydrogen-bond acceptors (Lipinski definition) is 5. The SMILES string of the molecule is O=C(CN1CCC(NC(=O)C2CCCCC2)CC1)Nc1nc2c(s1)CCC2. The van der Waals surface area contributed by atoms with Crippen LogP contribution >= 0.6 is 11.3 Å². The molecule has 2 aliphatic carbocycles. The van der Waals surface area contributed by atoms with Crippen LogP contribution in [0.15, 0.2) is 0 Å². The van der Waals surface area contributed by atoms with Crippen LogP contribution in [-0.4, -0.2) is 47.4 Å². The highest BCUT2D eigenvalue weighted by Crippen LogP contribution is 2.30. The van der Waals surface area contributed by atoms with E-state index in [1.807, 2.05) is 0 Å². The topological polar surface area (TPSA) is 74.3 Å². The maximum Gasteiger partial charge on any atom is 0.240 e. The first-order valence-corrected chi connectivity index (χ1v) is 11.3. The number of anilines is 1. The van der Waals surface area contributed by atoms with Crippen LogP contribution in [0.1, 0.15) is 61.9 Å². The average Bonchev–Trinajstić information content (AvgIpc) is 3.25. The molecule has 0 atom stereocenters. The van der Waals surface area contributed by atoms with E-state index in [1.54, 1.807) is 11.3 Å². The summed E-state index contributed by atoms with van der Waals surface area (Å²) in [4.78, 5) is 32.8. The second kappa shape index (κ2) is 8.69.